The molecule has 0 heterocycles. The zero-order valence-corrected chi connectivity index (χ0v) is 11.3. The predicted octanol–water partition coefficient (Wildman–Crippen LogP) is 2.47. The number of aromatic hydroxyl groups is 1. The molecule has 0 radical (unpaired) electrons. The fourth-order valence-corrected chi connectivity index (χ4v) is 1.85. The van der Waals surface area contributed by atoms with Gasteiger partial charge in [-0.1, -0.05) is 6.07 Å². The van der Waals surface area contributed by atoms with Crippen LogP contribution in [0, 0.1) is 13.8 Å². The molecule has 100 valence electrons. The van der Waals surface area contributed by atoms with Gasteiger partial charge >= 0.3 is 0 Å². The minimum atomic E-state index is -0.0871. The number of rotatable bonds is 5. The highest BCUT2D eigenvalue weighted by Crippen LogP contribution is 2.28. The smallest absolute Gasteiger partial charge is 0.224 e. The second-order valence-corrected chi connectivity index (χ2v) is 4.90. The molecule has 4 nitrogen and oxygen atoms in total. The number of benzene rings is 1. The van der Waals surface area contributed by atoms with E-state index in [-0.39, 0.29) is 17.7 Å². The maximum Gasteiger partial charge on any atom is 0.224 e. The minimum absolute atomic E-state index is 0.0871. The van der Waals surface area contributed by atoms with Crippen molar-refractivity contribution in [1.82, 2.24) is 0 Å². The molecule has 0 fully saturated rings. The third kappa shape index (κ3) is 4.37. The molecule has 0 aromatic heterocycles. The van der Waals surface area contributed by atoms with E-state index in [0.717, 1.165) is 24.0 Å². The summed E-state index contributed by atoms with van der Waals surface area (Å²) in [6.45, 7) is 5.67. The molecule has 1 rings (SSSR count). The van der Waals surface area contributed by atoms with Crippen molar-refractivity contribution in [2.45, 2.75) is 46.1 Å². The lowest BCUT2D eigenvalue weighted by Crippen LogP contribution is -2.17. The number of anilines is 1. The Balaban J connectivity index is 2.59. The van der Waals surface area contributed by atoms with E-state index >= 15 is 0 Å². The van der Waals surface area contributed by atoms with Crippen LogP contribution in [-0.4, -0.2) is 17.1 Å². The van der Waals surface area contributed by atoms with Gasteiger partial charge in [-0.05, 0) is 50.8 Å². The van der Waals surface area contributed by atoms with Crippen molar-refractivity contribution in [1.29, 1.82) is 0 Å². The maximum atomic E-state index is 11.7. The number of hydrogen-bond acceptors (Lipinski definition) is 3. The first-order valence-electron chi connectivity index (χ1n) is 6.25. The highest BCUT2D eigenvalue weighted by molar-refractivity contribution is 5.92. The van der Waals surface area contributed by atoms with E-state index in [9.17, 15) is 9.90 Å². The molecule has 0 spiro atoms. The molecule has 0 saturated heterocycles. The monoisotopic (exact) mass is 250 g/mol. The average molecular weight is 250 g/mol. The fourth-order valence-electron chi connectivity index (χ4n) is 1.85. The molecule has 0 aliphatic carbocycles. The summed E-state index contributed by atoms with van der Waals surface area (Å²) in [4.78, 5) is 11.7. The standard InChI is InChI=1S/C14H22N2O2/c1-9-7-10(2)14(18)12(8-9)16-13(17)6-4-5-11(3)15/h7-8,11,18H,4-6,15H2,1-3H3,(H,16,17). The molecule has 1 atom stereocenters. The zero-order valence-electron chi connectivity index (χ0n) is 11.3. The van der Waals surface area contributed by atoms with E-state index in [2.05, 4.69) is 5.32 Å². The zero-order chi connectivity index (χ0) is 13.7. The Bertz CT molecular complexity index is 428. The topological polar surface area (TPSA) is 75.3 Å². The number of nitrogens with one attached hydrogen (secondary N) is 1. The van der Waals surface area contributed by atoms with Crippen molar-refractivity contribution in [3.63, 3.8) is 0 Å². The van der Waals surface area contributed by atoms with Crippen LogP contribution in [0.25, 0.3) is 0 Å². The van der Waals surface area contributed by atoms with Crippen LogP contribution in [0.5, 0.6) is 5.75 Å². The highest BCUT2D eigenvalue weighted by atomic mass is 16.3. The van der Waals surface area contributed by atoms with E-state index in [1.165, 1.54) is 0 Å². The van der Waals surface area contributed by atoms with Crippen molar-refractivity contribution in [3.05, 3.63) is 23.3 Å². The quantitative estimate of drug-likeness (QED) is 0.703. The van der Waals surface area contributed by atoms with Crippen molar-refractivity contribution >= 4 is 11.6 Å². The van der Waals surface area contributed by atoms with E-state index < -0.39 is 0 Å². The van der Waals surface area contributed by atoms with Gasteiger partial charge in [0.2, 0.25) is 5.91 Å². The van der Waals surface area contributed by atoms with Gasteiger partial charge in [-0.25, -0.2) is 0 Å². The van der Waals surface area contributed by atoms with Gasteiger partial charge in [0, 0.05) is 12.5 Å². The molecule has 1 amide bonds. The van der Waals surface area contributed by atoms with Gasteiger partial charge in [0.1, 0.15) is 5.75 Å². The summed E-state index contributed by atoms with van der Waals surface area (Å²) in [5, 5.41) is 12.6. The largest absolute Gasteiger partial charge is 0.505 e. The van der Waals surface area contributed by atoms with Crippen molar-refractivity contribution in [2.24, 2.45) is 5.73 Å². The van der Waals surface area contributed by atoms with Gasteiger partial charge in [-0.15, -0.1) is 0 Å². The summed E-state index contributed by atoms with van der Waals surface area (Å²) in [5.74, 6) is 0.0529. The molecular formula is C14H22N2O2. The molecule has 1 aromatic rings. The number of phenolic OH excluding ortho intramolecular Hbond substituents is 1. The number of amides is 1. The number of carbonyl (C=O) groups is 1. The van der Waals surface area contributed by atoms with Gasteiger partial charge in [-0.3, -0.25) is 4.79 Å². The fraction of sp³-hybridized carbons (Fsp3) is 0.500. The Morgan fingerprint density at radius 2 is 2.11 bits per heavy atom. The highest BCUT2D eigenvalue weighted by Gasteiger charge is 2.09. The van der Waals surface area contributed by atoms with Crippen LogP contribution in [0.3, 0.4) is 0 Å². The van der Waals surface area contributed by atoms with Gasteiger partial charge in [0.25, 0.3) is 0 Å². The van der Waals surface area contributed by atoms with Gasteiger partial charge < -0.3 is 16.2 Å². The first-order valence-corrected chi connectivity index (χ1v) is 6.25. The Hall–Kier alpha value is -1.55. The number of carbonyl (C=O) groups excluding carboxylic acids is 1. The van der Waals surface area contributed by atoms with Crippen LogP contribution < -0.4 is 11.1 Å². The van der Waals surface area contributed by atoms with Crippen molar-refractivity contribution in [3.8, 4) is 5.75 Å². The SMILES string of the molecule is Cc1cc(C)c(O)c(NC(=O)CCCC(C)N)c1. The van der Waals surface area contributed by atoms with Gasteiger partial charge in [0.15, 0.2) is 0 Å². The number of aryl methyl sites for hydroxylation is 2. The molecule has 0 saturated carbocycles. The van der Waals surface area contributed by atoms with Crippen LogP contribution in [0.2, 0.25) is 0 Å². The molecule has 1 aromatic carbocycles. The predicted molar refractivity (Wildman–Crippen MR) is 73.7 cm³/mol. The number of phenols is 1. The van der Waals surface area contributed by atoms with Crippen molar-refractivity contribution < 1.29 is 9.90 Å². The van der Waals surface area contributed by atoms with Gasteiger partial charge in [0.05, 0.1) is 5.69 Å². The lowest BCUT2D eigenvalue weighted by molar-refractivity contribution is -0.116. The average Bonchev–Trinajstić information content (AvgIpc) is 2.24. The molecule has 4 heteroatoms. The third-order valence-electron chi connectivity index (χ3n) is 2.78. The summed E-state index contributed by atoms with van der Waals surface area (Å²) >= 11 is 0. The van der Waals surface area contributed by atoms with E-state index in [1.54, 1.807) is 6.07 Å². The van der Waals surface area contributed by atoms with Crippen LogP contribution in [0.1, 0.15) is 37.3 Å². The Morgan fingerprint density at radius 3 is 2.72 bits per heavy atom. The van der Waals surface area contributed by atoms with E-state index in [4.69, 9.17) is 5.73 Å². The molecular weight excluding hydrogens is 228 g/mol. The molecule has 4 N–H and O–H groups in total. The van der Waals surface area contributed by atoms with Gasteiger partial charge in [-0.2, -0.15) is 0 Å². The van der Waals surface area contributed by atoms with Crippen LogP contribution >= 0.6 is 0 Å². The second-order valence-electron chi connectivity index (χ2n) is 4.90. The summed E-state index contributed by atoms with van der Waals surface area (Å²) < 4.78 is 0. The molecule has 0 aliphatic heterocycles. The van der Waals surface area contributed by atoms with Crippen LogP contribution in [-0.2, 0) is 4.79 Å². The Morgan fingerprint density at radius 1 is 1.44 bits per heavy atom. The minimum Gasteiger partial charge on any atom is -0.505 e. The van der Waals surface area contributed by atoms with E-state index in [0.29, 0.717) is 12.1 Å². The first-order chi connectivity index (χ1) is 8.40. The number of nitrogens with two attached hydrogens (primary N) is 1. The number of hydrogen-bond donors (Lipinski definition) is 3. The lowest BCUT2D eigenvalue weighted by Gasteiger charge is -2.11. The van der Waals surface area contributed by atoms with Crippen LogP contribution in [0.15, 0.2) is 12.1 Å². The summed E-state index contributed by atoms with van der Waals surface area (Å²) in [6, 6.07) is 3.76. The van der Waals surface area contributed by atoms with Crippen molar-refractivity contribution in [2.75, 3.05) is 5.32 Å². The normalized spacial score (nSPS) is 12.2. The van der Waals surface area contributed by atoms with Crippen LogP contribution in [0.4, 0.5) is 5.69 Å². The molecule has 0 aliphatic rings. The Kier molecular flexibility index (Phi) is 5.16. The first kappa shape index (κ1) is 14.5. The third-order valence-corrected chi connectivity index (χ3v) is 2.78. The summed E-state index contributed by atoms with van der Waals surface area (Å²) in [7, 11) is 0. The maximum absolute atomic E-state index is 11.7. The molecule has 18 heavy (non-hydrogen) atoms. The summed E-state index contributed by atoms with van der Waals surface area (Å²) in [5.41, 5.74) is 7.88. The Labute approximate surface area is 108 Å². The molecule has 1 unspecified atom stereocenters. The summed E-state index contributed by atoms with van der Waals surface area (Å²) in [6.07, 6.45) is 2.01. The van der Waals surface area contributed by atoms with E-state index in [1.807, 2.05) is 26.8 Å². The molecule has 0 bridgehead atoms. The lowest BCUT2D eigenvalue weighted by atomic mass is 10.1. The second kappa shape index (κ2) is 6.40.